The Balaban J connectivity index is 1.60. The third-order valence-electron chi connectivity index (χ3n) is 4.48. The van der Waals surface area contributed by atoms with Crippen molar-refractivity contribution in [3.8, 4) is 0 Å². The minimum Gasteiger partial charge on any atom is -0.377 e. The first kappa shape index (κ1) is 14.2. The summed E-state index contributed by atoms with van der Waals surface area (Å²) in [5.74, 6) is 0.788. The summed E-state index contributed by atoms with van der Waals surface area (Å²) in [4.78, 5) is 12.1. The fourth-order valence-corrected chi connectivity index (χ4v) is 3.24. The van der Waals surface area contributed by atoms with Crippen LogP contribution in [0.15, 0.2) is 43.0 Å². The zero-order chi connectivity index (χ0) is 16.6. The minimum absolute atomic E-state index is 0.648. The van der Waals surface area contributed by atoms with Gasteiger partial charge in [0.1, 0.15) is 17.8 Å². The lowest BCUT2D eigenvalue weighted by molar-refractivity contribution is 0.161. The van der Waals surface area contributed by atoms with Crippen LogP contribution in [0.2, 0.25) is 0 Å². The van der Waals surface area contributed by atoms with Gasteiger partial charge in [-0.2, -0.15) is 5.10 Å². The van der Waals surface area contributed by atoms with Gasteiger partial charge in [0.15, 0.2) is 0 Å². The van der Waals surface area contributed by atoms with Crippen LogP contribution in [0.3, 0.4) is 0 Å². The van der Waals surface area contributed by atoms with Crippen LogP contribution in [-0.2, 0) is 4.74 Å². The van der Waals surface area contributed by atoms with Gasteiger partial charge in [-0.15, -0.1) is 0 Å². The maximum Gasteiger partial charge on any atom is 0.143 e. The largest absolute Gasteiger partial charge is 0.377 e. The number of nitrogens with one attached hydrogen (secondary N) is 3. The van der Waals surface area contributed by atoms with Crippen molar-refractivity contribution in [2.75, 3.05) is 18.5 Å². The molecule has 0 atom stereocenters. The van der Waals surface area contributed by atoms with Crippen molar-refractivity contribution in [3.63, 3.8) is 0 Å². The number of benzene rings is 1. The number of nitrogens with zero attached hydrogens (tertiary/aromatic N) is 3. The fraction of sp³-hybridized carbons (Fsp3) is 0.167. The maximum absolute atomic E-state index is 5.43. The lowest BCUT2D eigenvalue weighted by Crippen LogP contribution is -2.04. The van der Waals surface area contributed by atoms with Gasteiger partial charge >= 0.3 is 0 Å². The van der Waals surface area contributed by atoms with Gasteiger partial charge in [0, 0.05) is 22.8 Å². The number of aromatic nitrogens is 5. The van der Waals surface area contributed by atoms with Crippen LogP contribution < -0.4 is 5.32 Å². The zero-order valence-electron chi connectivity index (χ0n) is 13.4. The van der Waals surface area contributed by atoms with Crippen LogP contribution in [0.1, 0.15) is 12.0 Å². The van der Waals surface area contributed by atoms with Crippen molar-refractivity contribution >= 4 is 39.0 Å². The first-order valence-electron chi connectivity index (χ1n) is 8.18. The fourth-order valence-electron chi connectivity index (χ4n) is 3.24. The van der Waals surface area contributed by atoms with Gasteiger partial charge in [0.05, 0.1) is 30.3 Å². The van der Waals surface area contributed by atoms with Gasteiger partial charge in [-0.1, -0.05) is 6.08 Å². The molecule has 0 fully saturated rings. The third kappa shape index (κ3) is 2.45. The Morgan fingerprint density at radius 1 is 1.20 bits per heavy atom. The van der Waals surface area contributed by atoms with Gasteiger partial charge < -0.3 is 15.0 Å². The number of hydrogen-bond acceptors (Lipinski definition) is 5. The van der Waals surface area contributed by atoms with E-state index in [-0.39, 0.29) is 0 Å². The molecule has 7 heteroatoms. The van der Waals surface area contributed by atoms with Gasteiger partial charge in [-0.25, -0.2) is 9.97 Å². The predicted octanol–water partition coefficient (Wildman–Crippen LogP) is 3.38. The molecule has 4 heterocycles. The first-order valence-corrected chi connectivity index (χ1v) is 8.18. The first-order chi connectivity index (χ1) is 12.4. The van der Waals surface area contributed by atoms with E-state index in [0.717, 1.165) is 52.0 Å². The van der Waals surface area contributed by atoms with Crippen molar-refractivity contribution in [1.82, 2.24) is 25.1 Å². The maximum atomic E-state index is 5.43. The van der Waals surface area contributed by atoms with Crippen molar-refractivity contribution in [2.45, 2.75) is 6.42 Å². The van der Waals surface area contributed by atoms with Crippen LogP contribution in [0.25, 0.3) is 27.5 Å². The van der Waals surface area contributed by atoms with E-state index in [2.05, 4.69) is 36.5 Å². The second-order valence-electron chi connectivity index (χ2n) is 6.00. The summed E-state index contributed by atoms with van der Waals surface area (Å²) in [5, 5.41) is 12.5. The molecule has 0 unspecified atom stereocenters. The predicted molar refractivity (Wildman–Crippen MR) is 96.7 cm³/mol. The number of anilines is 2. The number of H-pyrrole nitrogens is 2. The van der Waals surface area contributed by atoms with Crippen LogP contribution in [0.5, 0.6) is 0 Å². The molecule has 1 aliphatic rings. The van der Waals surface area contributed by atoms with E-state index < -0.39 is 0 Å². The summed E-state index contributed by atoms with van der Waals surface area (Å²) >= 11 is 0. The highest BCUT2D eigenvalue weighted by Crippen LogP contribution is 2.33. The van der Waals surface area contributed by atoms with Crippen molar-refractivity contribution < 1.29 is 4.74 Å². The van der Waals surface area contributed by atoms with Crippen LogP contribution in [0, 0.1) is 0 Å². The van der Waals surface area contributed by atoms with Crippen molar-refractivity contribution in [2.24, 2.45) is 0 Å². The second kappa shape index (κ2) is 5.71. The summed E-state index contributed by atoms with van der Waals surface area (Å²) in [7, 11) is 0. The highest BCUT2D eigenvalue weighted by Gasteiger charge is 2.16. The highest BCUT2D eigenvalue weighted by molar-refractivity contribution is 5.99. The van der Waals surface area contributed by atoms with Gasteiger partial charge in [-0.05, 0) is 30.2 Å². The van der Waals surface area contributed by atoms with E-state index in [1.54, 1.807) is 6.33 Å². The Hall–Kier alpha value is -3.19. The van der Waals surface area contributed by atoms with Crippen molar-refractivity contribution in [1.29, 1.82) is 0 Å². The number of ether oxygens (including phenoxy) is 1. The lowest BCUT2D eigenvalue weighted by Gasteiger charge is -2.14. The molecule has 1 aliphatic heterocycles. The molecule has 0 aliphatic carbocycles. The molecule has 3 aromatic heterocycles. The number of aromatic amines is 2. The van der Waals surface area contributed by atoms with E-state index in [0.29, 0.717) is 6.61 Å². The van der Waals surface area contributed by atoms with E-state index in [9.17, 15) is 0 Å². The van der Waals surface area contributed by atoms with E-state index in [1.807, 2.05) is 30.6 Å². The summed E-state index contributed by atoms with van der Waals surface area (Å²) in [6.45, 7) is 1.39. The molecule has 5 rings (SSSR count). The lowest BCUT2D eigenvalue weighted by atomic mass is 10.0. The molecule has 0 amide bonds. The zero-order valence-corrected chi connectivity index (χ0v) is 13.4. The third-order valence-corrected chi connectivity index (χ3v) is 4.48. The van der Waals surface area contributed by atoms with Crippen LogP contribution in [-0.4, -0.2) is 38.4 Å². The Morgan fingerprint density at radius 2 is 2.20 bits per heavy atom. The molecule has 4 aromatic rings. The molecule has 0 saturated heterocycles. The topological polar surface area (TPSA) is 91.5 Å². The molecule has 0 saturated carbocycles. The molecule has 0 bridgehead atoms. The smallest absolute Gasteiger partial charge is 0.143 e. The highest BCUT2D eigenvalue weighted by atomic mass is 16.5. The van der Waals surface area contributed by atoms with E-state index in [1.165, 1.54) is 5.57 Å². The average Bonchev–Trinajstić information content (AvgIpc) is 3.29. The standard InChI is InChI=1S/C18H16N6O/c1-2-15-12(8-22-24-15)7-13(1)23-18-16-14(11-3-5-25-6-4-11)9-19-17(16)20-10-21-18/h1-3,7-10H,4-6H2,(H,22,24)(H2,19,20,21,23). The molecule has 124 valence electrons. The van der Waals surface area contributed by atoms with Crippen LogP contribution >= 0.6 is 0 Å². The van der Waals surface area contributed by atoms with E-state index in [4.69, 9.17) is 4.74 Å². The molecular weight excluding hydrogens is 316 g/mol. The Bertz CT molecular complexity index is 1090. The molecule has 3 N–H and O–H groups in total. The molecular formula is C18H16N6O. The van der Waals surface area contributed by atoms with E-state index >= 15 is 0 Å². The summed E-state index contributed by atoms with van der Waals surface area (Å²) in [6.07, 6.45) is 8.40. The second-order valence-corrected chi connectivity index (χ2v) is 6.00. The SMILES string of the molecule is C1=C(c2c[nH]c3ncnc(Nc4ccc5[nH]ncc5c4)c23)CCOC1. The normalized spacial score (nSPS) is 14.8. The molecule has 25 heavy (non-hydrogen) atoms. The molecule has 7 nitrogen and oxygen atoms in total. The Kier molecular flexibility index (Phi) is 3.24. The van der Waals surface area contributed by atoms with Crippen LogP contribution in [0.4, 0.5) is 11.5 Å². The summed E-state index contributed by atoms with van der Waals surface area (Å²) < 4.78 is 5.43. The molecule has 1 aromatic carbocycles. The monoisotopic (exact) mass is 332 g/mol. The summed E-state index contributed by atoms with van der Waals surface area (Å²) in [5.41, 5.74) is 5.19. The van der Waals surface area contributed by atoms with Crippen molar-refractivity contribution in [3.05, 3.63) is 48.6 Å². The quantitative estimate of drug-likeness (QED) is 0.535. The average molecular weight is 332 g/mol. The van der Waals surface area contributed by atoms with Gasteiger partial charge in [-0.3, -0.25) is 5.10 Å². The number of rotatable bonds is 3. The minimum atomic E-state index is 0.648. The molecule has 0 radical (unpaired) electrons. The van der Waals surface area contributed by atoms with Gasteiger partial charge in [0.2, 0.25) is 0 Å². The number of fused-ring (bicyclic) bond motifs is 2. The Morgan fingerprint density at radius 3 is 3.12 bits per heavy atom. The van der Waals surface area contributed by atoms with Gasteiger partial charge in [0.25, 0.3) is 0 Å². The Labute approximate surface area is 143 Å². The number of hydrogen-bond donors (Lipinski definition) is 3. The molecule has 0 spiro atoms. The summed E-state index contributed by atoms with van der Waals surface area (Å²) in [6, 6.07) is 6.06.